The molecule has 0 saturated carbocycles. The maximum absolute atomic E-state index is 13.0. The van der Waals surface area contributed by atoms with E-state index in [0.29, 0.717) is 16.4 Å². The van der Waals surface area contributed by atoms with Crippen molar-refractivity contribution in [3.8, 4) is 0 Å². The van der Waals surface area contributed by atoms with Crippen LogP contribution in [0.25, 0.3) is 0 Å². The van der Waals surface area contributed by atoms with Crippen molar-refractivity contribution in [3.05, 3.63) is 67.0 Å². The Balaban J connectivity index is 1.59. The molecule has 0 aliphatic heterocycles. The third kappa shape index (κ3) is 5.24. The Morgan fingerprint density at radius 1 is 1.18 bits per heavy atom. The fourth-order valence-electron chi connectivity index (χ4n) is 2.50. The van der Waals surface area contributed by atoms with E-state index in [4.69, 9.17) is 0 Å². The van der Waals surface area contributed by atoms with Crippen LogP contribution in [0.5, 0.6) is 0 Å². The van der Waals surface area contributed by atoms with E-state index >= 15 is 0 Å². The van der Waals surface area contributed by atoms with Crippen molar-refractivity contribution in [2.45, 2.75) is 13.3 Å². The van der Waals surface area contributed by atoms with Crippen LogP contribution in [-0.2, 0) is 11.2 Å². The van der Waals surface area contributed by atoms with Crippen LogP contribution in [-0.4, -0.2) is 35.3 Å². The molecule has 0 spiro atoms. The Kier molecular flexibility index (Phi) is 6.58. The van der Waals surface area contributed by atoms with Crippen molar-refractivity contribution in [1.82, 2.24) is 9.88 Å². The zero-order chi connectivity index (χ0) is 20.3. The van der Waals surface area contributed by atoms with E-state index in [9.17, 15) is 14.0 Å². The number of benzene rings is 1. The number of rotatable bonds is 6. The summed E-state index contributed by atoms with van der Waals surface area (Å²) < 4.78 is 13.9. The van der Waals surface area contributed by atoms with E-state index in [1.165, 1.54) is 39.7 Å². The summed E-state index contributed by atoms with van der Waals surface area (Å²) in [7, 11) is 1.59. The SMILES string of the molecule is Cc1nc(NC(=O)CN(C)C(=O)c2ccc(Br)s2)sc1Cc1ccc(F)cc1. The summed E-state index contributed by atoms with van der Waals surface area (Å²) in [5.41, 5.74) is 1.79. The van der Waals surface area contributed by atoms with Gasteiger partial charge in [0.2, 0.25) is 5.91 Å². The normalized spacial score (nSPS) is 10.7. The number of anilines is 1. The maximum Gasteiger partial charge on any atom is 0.264 e. The van der Waals surface area contributed by atoms with Crippen LogP contribution in [0.2, 0.25) is 0 Å². The van der Waals surface area contributed by atoms with E-state index in [2.05, 4.69) is 26.2 Å². The van der Waals surface area contributed by atoms with Crippen LogP contribution < -0.4 is 5.32 Å². The molecule has 9 heteroatoms. The van der Waals surface area contributed by atoms with Gasteiger partial charge in [0.05, 0.1) is 20.9 Å². The highest BCUT2D eigenvalue weighted by atomic mass is 79.9. The van der Waals surface area contributed by atoms with Crippen molar-refractivity contribution in [2.24, 2.45) is 0 Å². The van der Waals surface area contributed by atoms with Gasteiger partial charge in [0.15, 0.2) is 5.13 Å². The summed E-state index contributed by atoms with van der Waals surface area (Å²) in [4.78, 5) is 31.9. The van der Waals surface area contributed by atoms with Crippen LogP contribution in [0.15, 0.2) is 40.2 Å². The van der Waals surface area contributed by atoms with Crippen LogP contribution in [0, 0.1) is 12.7 Å². The zero-order valence-electron chi connectivity index (χ0n) is 15.2. The number of carbonyl (C=O) groups is 2. The Labute approximate surface area is 178 Å². The molecule has 0 saturated heterocycles. The summed E-state index contributed by atoms with van der Waals surface area (Å²) in [6, 6.07) is 9.83. The van der Waals surface area contributed by atoms with E-state index < -0.39 is 0 Å². The van der Waals surface area contributed by atoms with Crippen LogP contribution in [0.3, 0.4) is 0 Å². The smallest absolute Gasteiger partial charge is 0.264 e. The number of nitrogens with one attached hydrogen (secondary N) is 1. The number of hydrogen-bond acceptors (Lipinski definition) is 5. The number of aryl methyl sites for hydroxylation is 1. The predicted octanol–water partition coefficient (Wildman–Crippen LogP) is 4.72. The molecule has 0 aliphatic carbocycles. The van der Waals surface area contributed by atoms with Gasteiger partial charge in [0.1, 0.15) is 5.82 Å². The number of amides is 2. The van der Waals surface area contributed by atoms with Crippen molar-refractivity contribution in [1.29, 1.82) is 0 Å². The topological polar surface area (TPSA) is 62.3 Å². The molecular formula is C19H17BrFN3O2S2. The molecule has 2 amide bonds. The second-order valence-electron chi connectivity index (χ2n) is 6.14. The lowest BCUT2D eigenvalue weighted by Gasteiger charge is -2.15. The van der Waals surface area contributed by atoms with Crippen molar-refractivity contribution >= 4 is 55.5 Å². The predicted molar refractivity (Wildman–Crippen MR) is 114 cm³/mol. The summed E-state index contributed by atoms with van der Waals surface area (Å²) in [5.74, 6) is -0.793. The van der Waals surface area contributed by atoms with Gasteiger partial charge in [-0.1, -0.05) is 12.1 Å². The van der Waals surface area contributed by atoms with Crippen molar-refractivity contribution in [3.63, 3.8) is 0 Å². The molecule has 2 aromatic heterocycles. The summed E-state index contributed by atoms with van der Waals surface area (Å²) >= 11 is 6.02. The lowest BCUT2D eigenvalue weighted by molar-refractivity contribution is -0.116. The number of thiazole rings is 1. The lowest BCUT2D eigenvalue weighted by atomic mass is 10.1. The quantitative estimate of drug-likeness (QED) is 0.554. The van der Waals surface area contributed by atoms with Crippen LogP contribution in [0.1, 0.15) is 25.8 Å². The number of halogens is 2. The second-order valence-corrected chi connectivity index (χ2v) is 9.69. The molecule has 2 heterocycles. The first-order valence-electron chi connectivity index (χ1n) is 8.33. The monoisotopic (exact) mass is 481 g/mol. The van der Waals surface area contributed by atoms with Gasteiger partial charge in [0, 0.05) is 18.3 Å². The minimum absolute atomic E-state index is 0.0692. The van der Waals surface area contributed by atoms with Gasteiger partial charge in [-0.3, -0.25) is 9.59 Å². The number of aromatic nitrogens is 1. The molecule has 3 rings (SSSR count). The third-order valence-corrected chi connectivity index (χ3v) is 6.61. The molecule has 5 nitrogen and oxygen atoms in total. The summed E-state index contributed by atoms with van der Waals surface area (Å²) in [5, 5.41) is 3.23. The van der Waals surface area contributed by atoms with Crippen LogP contribution in [0.4, 0.5) is 9.52 Å². The highest BCUT2D eigenvalue weighted by Crippen LogP contribution is 2.26. The number of thiophene rings is 1. The van der Waals surface area contributed by atoms with E-state index in [1.807, 2.05) is 6.92 Å². The first-order chi connectivity index (χ1) is 13.3. The summed E-state index contributed by atoms with van der Waals surface area (Å²) in [6.07, 6.45) is 0.616. The zero-order valence-corrected chi connectivity index (χ0v) is 18.4. The Bertz CT molecular complexity index is 1000. The fraction of sp³-hybridized carbons (Fsp3) is 0.211. The molecule has 0 unspecified atom stereocenters. The Hall–Kier alpha value is -2.10. The fourth-order valence-corrected chi connectivity index (χ4v) is 4.89. The van der Waals surface area contributed by atoms with Crippen LogP contribution >= 0.6 is 38.6 Å². The molecule has 3 aromatic rings. The van der Waals surface area contributed by atoms with Crippen molar-refractivity contribution in [2.75, 3.05) is 18.9 Å². The van der Waals surface area contributed by atoms with Gasteiger partial charge in [-0.15, -0.1) is 22.7 Å². The number of carbonyl (C=O) groups excluding carboxylic acids is 2. The first kappa shape index (κ1) is 20.6. The molecule has 1 N–H and O–H groups in total. The maximum atomic E-state index is 13.0. The standard InChI is InChI=1S/C19H17BrFN3O2S2/c1-11-15(9-12-3-5-13(21)6-4-12)28-19(22-11)23-17(25)10-24(2)18(26)14-7-8-16(20)27-14/h3-8H,9-10H2,1-2H3,(H,22,23,25). The molecular weight excluding hydrogens is 465 g/mol. The summed E-state index contributed by atoms with van der Waals surface area (Å²) in [6.45, 7) is 1.80. The molecule has 28 heavy (non-hydrogen) atoms. The Morgan fingerprint density at radius 2 is 1.89 bits per heavy atom. The number of hydrogen-bond donors (Lipinski definition) is 1. The van der Waals surface area contributed by atoms with Gasteiger partial charge >= 0.3 is 0 Å². The molecule has 146 valence electrons. The third-order valence-electron chi connectivity index (χ3n) is 3.93. The van der Waals surface area contributed by atoms with Gasteiger partial charge < -0.3 is 10.2 Å². The molecule has 0 aliphatic rings. The largest absolute Gasteiger partial charge is 0.332 e. The lowest BCUT2D eigenvalue weighted by Crippen LogP contribution is -2.34. The molecule has 1 aromatic carbocycles. The molecule has 0 bridgehead atoms. The van der Waals surface area contributed by atoms with Gasteiger partial charge in [-0.05, 0) is 52.7 Å². The van der Waals surface area contributed by atoms with Gasteiger partial charge in [-0.25, -0.2) is 9.37 Å². The highest BCUT2D eigenvalue weighted by molar-refractivity contribution is 9.11. The number of nitrogens with zero attached hydrogens (tertiary/aromatic N) is 2. The minimum Gasteiger partial charge on any atom is -0.332 e. The van der Waals surface area contributed by atoms with E-state index in [-0.39, 0.29) is 24.2 Å². The molecule has 0 fully saturated rings. The highest BCUT2D eigenvalue weighted by Gasteiger charge is 2.18. The van der Waals surface area contributed by atoms with Gasteiger partial charge in [0.25, 0.3) is 5.91 Å². The number of likely N-dealkylation sites (N-methyl/N-ethyl adjacent to an activating group) is 1. The van der Waals surface area contributed by atoms with Crippen molar-refractivity contribution < 1.29 is 14.0 Å². The average Bonchev–Trinajstić information content (AvgIpc) is 3.22. The second kappa shape index (κ2) is 8.93. The van der Waals surface area contributed by atoms with E-state index in [1.54, 1.807) is 31.3 Å². The minimum atomic E-state index is -0.312. The van der Waals surface area contributed by atoms with Gasteiger partial charge in [-0.2, -0.15) is 0 Å². The van der Waals surface area contributed by atoms with E-state index in [0.717, 1.165) is 19.9 Å². The first-order valence-corrected chi connectivity index (χ1v) is 10.8. The molecule has 0 atom stereocenters. The average molecular weight is 482 g/mol. The Morgan fingerprint density at radius 3 is 2.54 bits per heavy atom. The molecule has 0 radical (unpaired) electrons.